The van der Waals surface area contributed by atoms with Gasteiger partial charge in [0.05, 0.1) is 11.3 Å². The van der Waals surface area contributed by atoms with Crippen LogP contribution < -0.4 is 5.32 Å². The van der Waals surface area contributed by atoms with Gasteiger partial charge in [-0.05, 0) is 30.9 Å². The van der Waals surface area contributed by atoms with Crippen LogP contribution in [0.5, 0.6) is 0 Å². The van der Waals surface area contributed by atoms with Crippen molar-refractivity contribution in [3.63, 3.8) is 0 Å². The van der Waals surface area contributed by atoms with Crippen LogP contribution >= 0.6 is 0 Å². The third kappa shape index (κ3) is 4.73. The van der Waals surface area contributed by atoms with Gasteiger partial charge in [-0.2, -0.15) is 18.3 Å². The number of rotatable bonds is 4. The van der Waals surface area contributed by atoms with Crippen LogP contribution in [0.15, 0.2) is 22.9 Å². The van der Waals surface area contributed by atoms with E-state index >= 15 is 0 Å². The van der Waals surface area contributed by atoms with Crippen LogP contribution in [-0.2, 0) is 19.6 Å². The fourth-order valence-corrected chi connectivity index (χ4v) is 3.90. The molecule has 0 radical (unpaired) electrons. The lowest BCUT2D eigenvalue weighted by Gasteiger charge is -2.36. The third-order valence-corrected chi connectivity index (χ3v) is 5.69. The predicted molar refractivity (Wildman–Crippen MR) is 112 cm³/mol. The molecule has 4 rings (SSSR count). The lowest BCUT2D eigenvalue weighted by molar-refractivity contribution is -0.137. The van der Waals surface area contributed by atoms with E-state index in [1.54, 1.807) is 0 Å². The Labute approximate surface area is 192 Å². The van der Waals surface area contributed by atoms with Crippen molar-refractivity contribution in [1.82, 2.24) is 29.9 Å². The average Bonchev–Trinajstić information content (AvgIpc) is 3.43. The standard InChI is InChI=1S/C21H23F4N7O2/c1-4-17-28-29-19(34-17)16-7-11(2)5-6-32(16)20(33)27-15-8-12(18-26-10-31(3)30-18)13(9-14(15)22)21(23,24)25/h8-11,16H,4-7H2,1-3H3,(H,27,33)/t11-,16?/m0/s1. The van der Waals surface area contributed by atoms with Gasteiger partial charge in [-0.3, -0.25) is 4.68 Å². The normalized spacial score (nSPS) is 18.9. The highest BCUT2D eigenvalue weighted by molar-refractivity contribution is 5.90. The van der Waals surface area contributed by atoms with Gasteiger partial charge < -0.3 is 14.6 Å². The number of likely N-dealkylation sites (tertiary alicyclic amines) is 1. The summed E-state index contributed by atoms with van der Waals surface area (Å²) in [5, 5.41) is 14.3. The van der Waals surface area contributed by atoms with Gasteiger partial charge in [0.15, 0.2) is 5.82 Å². The number of aryl methyl sites for hydroxylation is 2. The summed E-state index contributed by atoms with van der Waals surface area (Å²) in [6.07, 6.45) is -1.84. The number of carbonyl (C=O) groups is 1. The molecule has 2 aromatic heterocycles. The Hall–Kier alpha value is -3.51. The minimum atomic E-state index is -4.85. The minimum Gasteiger partial charge on any atom is -0.423 e. The maximum atomic E-state index is 14.7. The Morgan fingerprint density at radius 3 is 2.68 bits per heavy atom. The molecule has 0 spiro atoms. The molecule has 2 atom stereocenters. The van der Waals surface area contributed by atoms with Crippen LogP contribution in [0, 0.1) is 11.7 Å². The van der Waals surface area contributed by atoms with Gasteiger partial charge in [-0.15, -0.1) is 10.2 Å². The Bertz CT molecular complexity index is 1190. The smallest absolute Gasteiger partial charge is 0.417 e. The molecule has 0 saturated carbocycles. The van der Waals surface area contributed by atoms with Crippen molar-refractivity contribution >= 4 is 11.7 Å². The molecule has 1 N–H and O–H groups in total. The molecule has 0 aliphatic carbocycles. The number of urea groups is 1. The number of nitrogens with one attached hydrogen (secondary N) is 1. The minimum absolute atomic E-state index is 0.243. The van der Waals surface area contributed by atoms with E-state index in [-0.39, 0.29) is 17.6 Å². The molecule has 0 bridgehead atoms. The number of halogens is 4. The van der Waals surface area contributed by atoms with Crippen molar-refractivity contribution in [2.24, 2.45) is 13.0 Å². The summed E-state index contributed by atoms with van der Waals surface area (Å²) < 4.78 is 62.3. The van der Waals surface area contributed by atoms with E-state index in [4.69, 9.17) is 4.42 Å². The second-order valence-corrected chi connectivity index (χ2v) is 8.27. The Kier molecular flexibility index (Phi) is 6.28. The predicted octanol–water partition coefficient (Wildman–Crippen LogP) is 4.59. The lowest BCUT2D eigenvalue weighted by Crippen LogP contribution is -2.43. The highest BCUT2D eigenvalue weighted by atomic mass is 19.4. The van der Waals surface area contributed by atoms with Crippen LogP contribution in [0.2, 0.25) is 0 Å². The van der Waals surface area contributed by atoms with Gasteiger partial charge in [0.25, 0.3) is 0 Å². The number of anilines is 1. The van der Waals surface area contributed by atoms with Crippen molar-refractivity contribution in [2.45, 2.75) is 45.3 Å². The van der Waals surface area contributed by atoms with Crippen LogP contribution in [0.3, 0.4) is 0 Å². The van der Waals surface area contributed by atoms with Crippen molar-refractivity contribution < 1.29 is 26.8 Å². The molecule has 3 heterocycles. The van der Waals surface area contributed by atoms with Gasteiger partial charge in [0, 0.05) is 25.6 Å². The maximum Gasteiger partial charge on any atom is 0.417 e. The van der Waals surface area contributed by atoms with E-state index in [0.717, 1.165) is 6.07 Å². The van der Waals surface area contributed by atoms with Gasteiger partial charge >= 0.3 is 12.2 Å². The van der Waals surface area contributed by atoms with Crippen LogP contribution in [-0.4, -0.2) is 42.4 Å². The number of alkyl halides is 3. The summed E-state index contributed by atoms with van der Waals surface area (Å²) >= 11 is 0. The highest BCUT2D eigenvalue weighted by Crippen LogP contribution is 2.39. The van der Waals surface area contributed by atoms with Crippen molar-refractivity contribution in [1.29, 1.82) is 0 Å². The topological polar surface area (TPSA) is 102 Å². The zero-order valence-corrected chi connectivity index (χ0v) is 18.7. The molecule has 182 valence electrons. The first-order valence-corrected chi connectivity index (χ1v) is 10.7. The lowest BCUT2D eigenvalue weighted by atomic mass is 9.92. The monoisotopic (exact) mass is 481 g/mol. The Morgan fingerprint density at radius 2 is 2.06 bits per heavy atom. The number of piperidine rings is 1. The van der Waals surface area contributed by atoms with Gasteiger partial charge in [-0.1, -0.05) is 13.8 Å². The third-order valence-electron chi connectivity index (χ3n) is 5.69. The van der Waals surface area contributed by atoms with E-state index < -0.39 is 40.9 Å². The second-order valence-electron chi connectivity index (χ2n) is 8.27. The fraction of sp³-hybridized carbons (Fsp3) is 0.476. The molecular weight excluding hydrogens is 458 g/mol. The average molecular weight is 481 g/mol. The molecule has 9 nitrogen and oxygen atoms in total. The number of benzene rings is 1. The number of carbonyl (C=O) groups excluding carboxylic acids is 1. The molecule has 2 amide bonds. The summed E-state index contributed by atoms with van der Waals surface area (Å²) in [7, 11) is 1.49. The molecule has 1 unspecified atom stereocenters. The van der Waals surface area contributed by atoms with E-state index in [0.29, 0.717) is 37.8 Å². The molecule has 34 heavy (non-hydrogen) atoms. The summed E-state index contributed by atoms with van der Waals surface area (Å²) in [5.41, 5.74) is -2.10. The molecule has 13 heteroatoms. The summed E-state index contributed by atoms with van der Waals surface area (Å²) in [5.74, 6) is -0.503. The number of hydrogen-bond acceptors (Lipinski definition) is 6. The zero-order chi connectivity index (χ0) is 24.6. The molecule has 1 saturated heterocycles. The first-order valence-electron chi connectivity index (χ1n) is 10.7. The SMILES string of the molecule is CCc1nnc(C2C[C@@H](C)CCN2C(=O)Nc2cc(-c3ncn(C)n3)c(C(F)(F)F)cc2F)o1. The first kappa shape index (κ1) is 23.6. The summed E-state index contributed by atoms with van der Waals surface area (Å²) in [6.45, 7) is 4.21. The van der Waals surface area contributed by atoms with Crippen molar-refractivity contribution in [2.75, 3.05) is 11.9 Å². The number of hydrogen-bond donors (Lipinski definition) is 1. The van der Waals surface area contributed by atoms with E-state index in [1.807, 2.05) is 13.8 Å². The van der Waals surface area contributed by atoms with Gasteiger partial charge in [-0.25, -0.2) is 14.2 Å². The number of nitrogens with zero attached hydrogens (tertiary/aromatic N) is 6. The van der Waals surface area contributed by atoms with Crippen LogP contribution in [0.4, 0.5) is 28.0 Å². The molecule has 1 aliphatic heterocycles. The molecule has 1 aliphatic rings. The van der Waals surface area contributed by atoms with E-state index in [9.17, 15) is 22.4 Å². The van der Waals surface area contributed by atoms with Crippen LogP contribution in [0.25, 0.3) is 11.4 Å². The number of amides is 2. The van der Waals surface area contributed by atoms with Crippen molar-refractivity contribution in [3.8, 4) is 11.4 Å². The molecular formula is C21H23F4N7O2. The molecule has 3 aromatic rings. The van der Waals surface area contributed by atoms with Gasteiger partial charge in [0.2, 0.25) is 11.8 Å². The Balaban J connectivity index is 1.66. The summed E-state index contributed by atoms with van der Waals surface area (Å²) in [4.78, 5) is 18.4. The van der Waals surface area contributed by atoms with E-state index in [2.05, 4.69) is 25.6 Å². The first-order chi connectivity index (χ1) is 16.1. The quantitative estimate of drug-likeness (QED) is 0.547. The summed E-state index contributed by atoms with van der Waals surface area (Å²) in [6, 6.07) is 0.00925. The second kappa shape index (κ2) is 9.03. The molecule has 1 fully saturated rings. The maximum absolute atomic E-state index is 14.7. The Morgan fingerprint density at radius 1 is 1.29 bits per heavy atom. The zero-order valence-electron chi connectivity index (χ0n) is 18.7. The van der Waals surface area contributed by atoms with Gasteiger partial charge in [0.1, 0.15) is 18.2 Å². The largest absolute Gasteiger partial charge is 0.423 e. The fourth-order valence-electron chi connectivity index (χ4n) is 3.90. The highest BCUT2D eigenvalue weighted by Gasteiger charge is 2.38. The number of aromatic nitrogens is 5. The molecule has 1 aromatic carbocycles. The van der Waals surface area contributed by atoms with Crippen molar-refractivity contribution in [3.05, 3.63) is 41.6 Å². The van der Waals surface area contributed by atoms with E-state index in [1.165, 1.54) is 23.0 Å². The van der Waals surface area contributed by atoms with Crippen LogP contribution in [0.1, 0.15) is 50.1 Å².